The number of carbonyl (C=O) groups is 1. The normalized spacial score (nSPS) is 11.4. The molecule has 0 fully saturated rings. The number of pyridine rings is 2. The maximum Gasteiger partial charge on any atom is 0.310 e. The number of benzene rings is 1. The monoisotopic (exact) mass is 495 g/mol. The predicted molar refractivity (Wildman–Crippen MR) is 133 cm³/mol. The van der Waals surface area contributed by atoms with Gasteiger partial charge < -0.3 is 24.5 Å². The van der Waals surface area contributed by atoms with Gasteiger partial charge in [0.05, 0.1) is 18.4 Å². The highest BCUT2D eigenvalue weighted by Crippen LogP contribution is 2.38. The van der Waals surface area contributed by atoms with Gasteiger partial charge in [0.2, 0.25) is 0 Å². The molecule has 1 aromatic carbocycles. The number of hydrogen-bond acceptors (Lipinski definition) is 8. The van der Waals surface area contributed by atoms with Gasteiger partial charge in [-0.2, -0.15) is 8.42 Å². The van der Waals surface area contributed by atoms with Crippen molar-refractivity contribution in [3.63, 3.8) is 0 Å². The molecule has 10 nitrogen and oxygen atoms in total. The molecule has 3 heterocycles. The highest BCUT2D eigenvalue weighted by atomic mass is 32.2. The lowest BCUT2D eigenvalue weighted by Crippen LogP contribution is -2.21. The first-order valence-electron chi connectivity index (χ1n) is 10.7. The number of rotatable bonds is 8. The Bertz CT molecular complexity index is 1500. The van der Waals surface area contributed by atoms with Crippen LogP contribution in [0.4, 0.5) is 0 Å². The number of methoxy groups -OCH3 is 1. The summed E-state index contributed by atoms with van der Waals surface area (Å²) in [7, 11) is 1.08. The summed E-state index contributed by atoms with van der Waals surface area (Å²) in [6.45, 7) is -0.0432. The molecule has 0 unspecified atom stereocenters. The van der Waals surface area contributed by atoms with Crippen LogP contribution in [0.15, 0.2) is 55.1 Å². The number of nitrogens with one attached hydrogen (secondary N) is 1. The maximum absolute atomic E-state index is 12.4. The molecule has 3 N–H and O–H groups in total. The van der Waals surface area contributed by atoms with Gasteiger partial charge in [-0.1, -0.05) is 0 Å². The van der Waals surface area contributed by atoms with Crippen LogP contribution in [-0.4, -0.2) is 67.7 Å². The van der Waals surface area contributed by atoms with Crippen LogP contribution in [0.5, 0.6) is 11.5 Å². The summed E-state index contributed by atoms with van der Waals surface area (Å²) in [5.41, 5.74) is 9.31. The molecular formula is C24H25N5O5S. The van der Waals surface area contributed by atoms with Crippen molar-refractivity contribution in [1.82, 2.24) is 19.9 Å². The summed E-state index contributed by atoms with van der Waals surface area (Å²) in [5.74, 6) is 0.229. The van der Waals surface area contributed by atoms with Gasteiger partial charge in [-0.05, 0) is 30.3 Å². The fraction of sp³-hybridized carbons (Fsp3) is 0.208. The molecule has 35 heavy (non-hydrogen) atoms. The van der Waals surface area contributed by atoms with E-state index in [9.17, 15) is 13.2 Å². The maximum atomic E-state index is 12.4. The molecule has 0 spiro atoms. The number of ether oxygens (including phenoxy) is 1. The van der Waals surface area contributed by atoms with Crippen molar-refractivity contribution < 1.29 is 22.1 Å². The summed E-state index contributed by atoms with van der Waals surface area (Å²) in [5, 5.41) is 0.770. The number of carbonyl (C=O) groups excluding carboxylic acids is 1. The van der Waals surface area contributed by atoms with Crippen LogP contribution in [0.3, 0.4) is 0 Å². The molecule has 0 aliphatic rings. The van der Waals surface area contributed by atoms with Gasteiger partial charge >= 0.3 is 10.1 Å². The van der Waals surface area contributed by atoms with E-state index in [1.807, 2.05) is 6.07 Å². The van der Waals surface area contributed by atoms with Gasteiger partial charge in [0.25, 0.3) is 5.91 Å². The van der Waals surface area contributed by atoms with Crippen LogP contribution in [-0.2, 0) is 10.1 Å². The Morgan fingerprint density at radius 2 is 1.86 bits per heavy atom. The molecule has 0 atom stereocenters. The predicted octanol–water partition coefficient (Wildman–Crippen LogP) is 2.67. The van der Waals surface area contributed by atoms with Crippen LogP contribution in [0.1, 0.15) is 10.4 Å². The molecule has 4 aromatic rings. The number of hydrogen-bond donors (Lipinski definition) is 2. The largest absolute Gasteiger partial charge is 0.496 e. The third-order valence-electron chi connectivity index (χ3n) is 5.31. The number of nitrogens with two attached hydrogens (primary N) is 1. The standard InChI is InChI=1S/C24H25N5O5S/c1-29(2)24(30)17-8-15(11-26-12-17)16-9-20-21(14-28-23(20)27-13-16)19-10-18(4-5-22(19)33-3)34-35(31,32)7-6-25/h4-5,8-14H,6-7,25H2,1-3H3,(H,27,28). The summed E-state index contributed by atoms with van der Waals surface area (Å²) in [4.78, 5) is 25.7. The SMILES string of the molecule is COc1ccc(OS(=O)(=O)CCN)cc1-c1c[nH]c2ncc(-c3cncc(C(=O)N(C)C)c3)cc12. The first-order chi connectivity index (χ1) is 16.7. The lowest BCUT2D eigenvalue weighted by Gasteiger charge is -2.12. The average Bonchev–Trinajstić information content (AvgIpc) is 3.26. The third kappa shape index (κ3) is 5.10. The Morgan fingerprint density at radius 1 is 1.09 bits per heavy atom. The molecule has 1 amide bonds. The van der Waals surface area contributed by atoms with Gasteiger partial charge in [0, 0.05) is 73.1 Å². The number of amides is 1. The molecule has 0 radical (unpaired) electrons. The lowest BCUT2D eigenvalue weighted by molar-refractivity contribution is 0.0827. The minimum atomic E-state index is -3.82. The highest BCUT2D eigenvalue weighted by molar-refractivity contribution is 7.87. The van der Waals surface area contributed by atoms with E-state index < -0.39 is 10.1 Å². The van der Waals surface area contributed by atoms with E-state index in [0.29, 0.717) is 22.5 Å². The second-order valence-corrected chi connectivity index (χ2v) is 9.67. The molecule has 0 aliphatic carbocycles. The van der Waals surface area contributed by atoms with Crippen LogP contribution >= 0.6 is 0 Å². The summed E-state index contributed by atoms with van der Waals surface area (Å²) >= 11 is 0. The minimum Gasteiger partial charge on any atom is -0.496 e. The number of aromatic amines is 1. The van der Waals surface area contributed by atoms with Crippen molar-refractivity contribution in [3.8, 4) is 33.8 Å². The Morgan fingerprint density at radius 3 is 2.57 bits per heavy atom. The number of H-pyrrole nitrogens is 1. The van der Waals surface area contributed by atoms with E-state index in [4.69, 9.17) is 14.7 Å². The van der Waals surface area contributed by atoms with E-state index in [1.165, 1.54) is 24.3 Å². The van der Waals surface area contributed by atoms with Gasteiger partial charge in [0.1, 0.15) is 17.1 Å². The van der Waals surface area contributed by atoms with Crippen LogP contribution in [0.25, 0.3) is 33.3 Å². The van der Waals surface area contributed by atoms with Crippen molar-refractivity contribution in [2.75, 3.05) is 33.5 Å². The lowest BCUT2D eigenvalue weighted by atomic mass is 10.0. The molecular weight excluding hydrogens is 470 g/mol. The van der Waals surface area contributed by atoms with Gasteiger partial charge in [0.15, 0.2) is 0 Å². The smallest absolute Gasteiger partial charge is 0.310 e. The van der Waals surface area contributed by atoms with Gasteiger partial charge in [-0.3, -0.25) is 9.78 Å². The summed E-state index contributed by atoms with van der Waals surface area (Å²) in [6, 6.07) is 8.45. The Hall–Kier alpha value is -3.96. The van der Waals surface area contributed by atoms with Crippen molar-refractivity contribution in [2.45, 2.75) is 0 Å². The van der Waals surface area contributed by atoms with Crippen LogP contribution in [0.2, 0.25) is 0 Å². The Kier molecular flexibility index (Phi) is 6.72. The number of aromatic nitrogens is 3. The number of nitrogens with zero attached hydrogens (tertiary/aromatic N) is 3. The second-order valence-electron chi connectivity index (χ2n) is 7.98. The van der Waals surface area contributed by atoms with E-state index in [1.54, 1.807) is 50.9 Å². The molecule has 4 rings (SSSR count). The summed E-state index contributed by atoms with van der Waals surface area (Å²) in [6.07, 6.45) is 6.65. The molecule has 0 saturated heterocycles. The van der Waals surface area contributed by atoms with E-state index in [0.717, 1.165) is 22.1 Å². The van der Waals surface area contributed by atoms with Crippen molar-refractivity contribution >= 4 is 27.1 Å². The van der Waals surface area contributed by atoms with Gasteiger partial charge in [-0.15, -0.1) is 0 Å². The second kappa shape index (κ2) is 9.72. The van der Waals surface area contributed by atoms with Crippen molar-refractivity contribution in [1.29, 1.82) is 0 Å². The van der Waals surface area contributed by atoms with Crippen LogP contribution < -0.4 is 14.7 Å². The topological polar surface area (TPSA) is 140 Å². The molecule has 3 aromatic heterocycles. The van der Waals surface area contributed by atoms with E-state index >= 15 is 0 Å². The first-order valence-corrected chi connectivity index (χ1v) is 12.2. The zero-order valence-electron chi connectivity index (χ0n) is 19.5. The Labute approximate surface area is 202 Å². The average molecular weight is 496 g/mol. The fourth-order valence-electron chi connectivity index (χ4n) is 3.64. The molecule has 0 saturated carbocycles. The van der Waals surface area contributed by atoms with E-state index in [2.05, 4.69) is 15.0 Å². The Balaban J connectivity index is 1.79. The van der Waals surface area contributed by atoms with E-state index in [-0.39, 0.29) is 24.0 Å². The quantitative estimate of drug-likeness (QED) is 0.356. The summed E-state index contributed by atoms with van der Waals surface area (Å²) < 4.78 is 34.9. The molecule has 0 bridgehead atoms. The van der Waals surface area contributed by atoms with Crippen LogP contribution in [0, 0.1) is 0 Å². The van der Waals surface area contributed by atoms with Crippen molar-refractivity contribution in [3.05, 3.63) is 60.7 Å². The molecule has 11 heteroatoms. The molecule has 0 aliphatic heterocycles. The van der Waals surface area contributed by atoms with Crippen molar-refractivity contribution in [2.24, 2.45) is 5.73 Å². The number of fused-ring (bicyclic) bond motifs is 1. The molecule has 182 valence electrons. The fourth-order valence-corrected chi connectivity index (χ4v) is 4.41. The van der Waals surface area contributed by atoms with Gasteiger partial charge in [-0.25, -0.2) is 4.98 Å². The third-order valence-corrected chi connectivity index (χ3v) is 6.49. The zero-order valence-corrected chi connectivity index (χ0v) is 20.3. The highest BCUT2D eigenvalue weighted by Gasteiger charge is 2.18. The zero-order chi connectivity index (χ0) is 25.2. The minimum absolute atomic E-state index is 0.0432. The first kappa shape index (κ1) is 24.2.